The summed E-state index contributed by atoms with van der Waals surface area (Å²) < 4.78 is 7.04. The third kappa shape index (κ3) is 6.56. The van der Waals surface area contributed by atoms with E-state index >= 15 is 0 Å². The van der Waals surface area contributed by atoms with Crippen LogP contribution >= 0.6 is 0 Å². The molecule has 1 amide bonds. The Hall–Kier alpha value is -2.41. The van der Waals surface area contributed by atoms with Gasteiger partial charge < -0.3 is 14.5 Å². The largest absolute Gasteiger partial charge is 0.497 e. The van der Waals surface area contributed by atoms with Crippen LogP contribution in [0.15, 0.2) is 36.9 Å². The summed E-state index contributed by atoms with van der Waals surface area (Å²) in [7, 11) is 1.71. The fourth-order valence-corrected chi connectivity index (χ4v) is 4.05. The minimum absolute atomic E-state index is 0.205. The number of carbonyl (C=O) groups excluding carboxylic acids is 1. The van der Waals surface area contributed by atoms with Crippen LogP contribution < -0.4 is 4.74 Å². The van der Waals surface area contributed by atoms with E-state index in [1.807, 2.05) is 11.0 Å². The van der Waals surface area contributed by atoms with Gasteiger partial charge in [0.2, 0.25) is 5.91 Å². The number of piperidine rings is 1. The second-order valence-electron chi connectivity index (χ2n) is 7.75. The molecule has 2 heterocycles. The monoisotopic (exact) mass is 399 g/mol. The molecule has 0 saturated carbocycles. The fourth-order valence-electron chi connectivity index (χ4n) is 4.05. The van der Waals surface area contributed by atoms with Crippen LogP contribution in [0.1, 0.15) is 31.7 Å². The van der Waals surface area contributed by atoms with Crippen molar-refractivity contribution in [3.8, 4) is 5.75 Å². The van der Waals surface area contributed by atoms with Crippen molar-refractivity contribution < 1.29 is 9.53 Å². The first-order chi connectivity index (χ1) is 14.2. The standard InChI is InChI=1S/C22H33N5O2/c1-3-26(22(28)10-13-27-18-23-17-24-27)16-20-7-5-11-25(15-20)12-9-19-6-4-8-21(14-19)29-2/h4,6,8,14,17-18,20H,3,5,7,9-13,15-16H2,1-2H3. The predicted octanol–water partition coefficient (Wildman–Crippen LogP) is 2.48. The number of likely N-dealkylation sites (tertiary alicyclic amines) is 1. The molecule has 1 aliphatic rings. The Morgan fingerprint density at radius 1 is 1.34 bits per heavy atom. The maximum absolute atomic E-state index is 12.6. The van der Waals surface area contributed by atoms with E-state index in [2.05, 4.69) is 40.1 Å². The fraction of sp³-hybridized carbons (Fsp3) is 0.591. The number of hydrogen-bond acceptors (Lipinski definition) is 5. The highest BCUT2D eigenvalue weighted by molar-refractivity contribution is 5.76. The molecule has 29 heavy (non-hydrogen) atoms. The van der Waals surface area contributed by atoms with Gasteiger partial charge in [-0.3, -0.25) is 9.48 Å². The second kappa shape index (κ2) is 11.0. The first-order valence-corrected chi connectivity index (χ1v) is 10.6. The van der Waals surface area contributed by atoms with Crippen LogP contribution in [0.4, 0.5) is 0 Å². The summed E-state index contributed by atoms with van der Waals surface area (Å²) in [4.78, 5) is 21.1. The van der Waals surface area contributed by atoms with Gasteiger partial charge >= 0.3 is 0 Å². The normalized spacial score (nSPS) is 17.2. The third-order valence-electron chi connectivity index (χ3n) is 5.69. The van der Waals surface area contributed by atoms with Gasteiger partial charge in [-0.2, -0.15) is 5.10 Å². The van der Waals surface area contributed by atoms with Gasteiger partial charge in [0.15, 0.2) is 0 Å². The van der Waals surface area contributed by atoms with Crippen LogP contribution in [-0.4, -0.2) is 70.3 Å². The van der Waals surface area contributed by atoms with Crippen molar-refractivity contribution in [2.45, 2.75) is 39.2 Å². The van der Waals surface area contributed by atoms with Crippen molar-refractivity contribution in [1.82, 2.24) is 24.6 Å². The Labute approximate surface area is 173 Å². The molecule has 0 radical (unpaired) electrons. The summed E-state index contributed by atoms with van der Waals surface area (Å²) in [5, 5.41) is 4.08. The Balaban J connectivity index is 1.45. The second-order valence-corrected chi connectivity index (χ2v) is 7.75. The average Bonchev–Trinajstić information content (AvgIpc) is 3.28. The Morgan fingerprint density at radius 3 is 3.00 bits per heavy atom. The van der Waals surface area contributed by atoms with Crippen molar-refractivity contribution in [3.63, 3.8) is 0 Å². The van der Waals surface area contributed by atoms with Crippen LogP contribution in [0, 0.1) is 5.92 Å². The number of benzene rings is 1. The van der Waals surface area contributed by atoms with Crippen molar-refractivity contribution >= 4 is 5.91 Å². The molecule has 1 aromatic heterocycles. The number of hydrogen-bond donors (Lipinski definition) is 0. The topological polar surface area (TPSA) is 63.5 Å². The minimum atomic E-state index is 0.205. The highest BCUT2D eigenvalue weighted by Gasteiger charge is 2.23. The summed E-state index contributed by atoms with van der Waals surface area (Å²) in [6, 6.07) is 8.32. The molecule has 0 bridgehead atoms. The summed E-state index contributed by atoms with van der Waals surface area (Å²) in [6.45, 7) is 7.53. The van der Waals surface area contributed by atoms with Gasteiger partial charge in [0.25, 0.3) is 0 Å². The number of methoxy groups -OCH3 is 1. The summed E-state index contributed by atoms with van der Waals surface area (Å²) in [5.74, 6) is 1.67. The molecular weight excluding hydrogens is 366 g/mol. The molecule has 3 rings (SSSR count). The quantitative estimate of drug-likeness (QED) is 0.614. The SMILES string of the molecule is CCN(CC1CCCN(CCc2cccc(OC)c2)C1)C(=O)CCn1cncn1. The number of rotatable bonds is 10. The van der Waals surface area contributed by atoms with Gasteiger partial charge in [0.1, 0.15) is 18.4 Å². The Kier molecular flexibility index (Phi) is 8.04. The molecule has 1 saturated heterocycles. The molecule has 1 aliphatic heterocycles. The lowest BCUT2D eigenvalue weighted by Crippen LogP contribution is -2.43. The van der Waals surface area contributed by atoms with E-state index in [1.54, 1.807) is 18.1 Å². The first kappa shape index (κ1) is 21.3. The molecular formula is C22H33N5O2. The first-order valence-electron chi connectivity index (χ1n) is 10.6. The molecule has 0 N–H and O–H groups in total. The molecule has 2 aromatic rings. The lowest BCUT2D eigenvalue weighted by molar-refractivity contribution is -0.132. The van der Waals surface area contributed by atoms with E-state index in [4.69, 9.17) is 4.74 Å². The molecule has 0 aliphatic carbocycles. The van der Waals surface area contributed by atoms with Gasteiger partial charge in [0.05, 0.1) is 13.7 Å². The number of amides is 1. The van der Waals surface area contributed by atoms with Gasteiger partial charge in [0, 0.05) is 32.6 Å². The third-order valence-corrected chi connectivity index (χ3v) is 5.69. The highest BCUT2D eigenvalue weighted by Crippen LogP contribution is 2.19. The summed E-state index contributed by atoms with van der Waals surface area (Å²) >= 11 is 0. The lowest BCUT2D eigenvalue weighted by Gasteiger charge is -2.35. The van der Waals surface area contributed by atoms with Crippen molar-refractivity contribution in [2.24, 2.45) is 5.92 Å². The molecule has 7 heteroatoms. The molecule has 7 nitrogen and oxygen atoms in total. The number of nitrogens with zero attached hydrogens (tertiary/aromatic N) is 5. The van der Waals surface area contributed by atoms with Crippen LogP contribution in [0.5, 0.6) is 5.75 Å². The predicted molar refractivity (Wildman–Crippen MR) is 113 cm³/mol. The zero-order chi connectivity index (χ0) is 20.5. The van der Waals surface area contributed by atoms with E-state index in [0.29, 0.717) is 18.9 Å². The van der Waals surface area contributed by atoms with E-state index in [9.17, 15) is 4.79 Å². The maximum atomic E-state index is 12.6. The van der Waals surface area contributed by atoms with Crippen molar-refractivity contribution in [3.05, 3.63) is 42.5 Å². The Morgan fingerprint density at radius 2 is 2.24 bits per heavy atom. The van der Waals surface area contributed by atoms with Crippen molar-refractivity contribution in [1.29, 1.82) is 0 Å². The van der Waals surface area contributed by atoms with Crippen LogP contribution in [0.25, 0.3) is 0 Å². The zero-order valence-electron chi connectivity index (χ0n) is 17.7. The number of carbonyl (C=O) groups is 1. The molecule has 1 aromatic carbocycles. The molecule has 158 valence electrons. The molecule has 1 unspecified atom stereocenters. The molecule has 1 fully saturated rings. The van der Waals surface area contributed by atoms with Crippen molar-refractivity contribution in [2.75, 3.05) is 39.8 Å². The van der Waals surface area contributed by atoms with E-state index in [0.717, 1.165) is 44.9 Å². The minimum Gasteiger partial charge on any atom is -0.497 e. The smallest absolute Gasteiger partial charge is 0.224 e. The molecule has 0 spiro atoms. The van der Waals surface area contributed by atoms with E-state index in [-0.39, 0.29) is 5.91 Å². The number of ether oxygens (including phenoxy) is 1. The maximum Gasteiger partial charge on any atom is 0.224 e. The van der Waals surface area contributed by atoms with Gasteiger partial charge in [-0.25, -0.2) is 4.98 Å². The van der Waals surface area contributed by atoms with Crippen LogP contribution in [-0.2, 0) is 17.8 Å². The van der Waals surface area contributed by atoms with Gasteiger partial charge in [-0.15, -0.1) is 0 Å². The van der Waals surface area contributed by atoms with Gasteiger partial charge in [-0.1, -0.05) is 12.1 Å². The highest BCUT2D eigenvalue weighted by atomic mass is 16.5. The molecule has 1 atom stereocenters. The lowest BCUT2D eigenvalue weighted by atomic mass is 9.96. The average molecular weight is 400 g/mol. The summed E-state index contributed by atoms with van der Waals surface area (Å²) in [5.41, 5.74) is 1.31. The van der Waals surface area contributed by atoms with Gasteiger partial charge in [-0.05, 0) is 56.3 Å². The Bertz CT molecular complexity index is 749. The number of aromatic nitrogens is 3. The summed E-state index contributed by atoms with van der Waals surface area (Å²) in [6.07, 6.45) is 7.06. The van der Waals surface area contributed by atoms with E-state index in [1.165, 1.54) is 24.7 Å². The number of aryl methyl sites for hydroxylation is 1. The van der Waals surface area contributed by atoms with Crippen LogP contribution in [0.2, 0.25) is 0 Å². The zero-order valence-corrected chi connectivity index (χ0v) is 17.7. The van der Waals surface area contributed by atoms with Crippen LogP contribution in [0.3, 0.4) is 0 Å². The van der Waals surface area contributed by atoms with E-state index < -0.39 is 0 Å².